The molecule has 0 heterocycles. The molecule has 18 heavy (non-hydrogen) atoms. The third-order valence-electron chi connectivity index (χ3n) is 2.01. The lowest BCUT2D eigenvalue weighted by atomic mass is 10.1. The molecule has 6 heteroatoms. The number of alkyl halides is 1. The van der Waals surface area contributed by atoms with Gasteiger partial charge in [0.05, 0.1) is 17.5 Å². The molecule has 0 N–H and O–H groups in total. The highest BCUT2D eigenvalue weighted by molar-refractivity contribution is 9.10. The summed E-state index contributed by atoms with van der Waals surface area (Å²) in [5, 5.41) is 0.194. The average molecular weight is 380 g/mol. The predicted molar refractivity (Wildman–Crippen MR) is 74.4 cm³/mol. The lowest BCUT2D eigenvalue weighted by Crippen LogP contribution is -2.16. The Kier molecular flexibility index (Phi) is 6.35. The minimum atomic E-state index is -0.461. The second kappa shape index (κ2) is 7.53. The highest BCUT2D eigenvalue weighted by atomic mass is 79.9. The van der Waals surface area contributed by atoms with Crippen LogP contribution in [-0.2, 0) is 9.53 Å². The first-order valence-electron chi connectivity index (χ1n) is 5.25. The second-order valence-corrected chi connectivity index (χ2v) is 4.77. The van der Waals surface area contributed by atoms with Crippen molar-refractivity contribution in [2.75, 3.05) is 18.5 Å². The summed E-state index contributed by atoms with van der Waals surface area (Å²) in [7, 11) is 0. The Morgan fingerprint density at radius 1 is 1.33 bits per heavy atom. The Morgan fingerprint density at radius 3 is 2.67 bits per heavy atom. The minimum Gasteiger partial charge on any atom is -0.481 e. The van der Waals surface area contributed by atoms with E-state index in [4.69, 9.17) is 9.47 Å². The van der Waals surface area contributed by atoms with Crippen LogP contribution in [0.25, 0.3) is 0 Å². The van der Waals surface area contributed by atoms with Crippen LogP contribution in [0.4, 0.5) is 0 Å². The van der Waals surface area contributed by atoms with Gasteiger partial charge >= 0.3 is 5.97 Å². The monoisotopic (exact) mass is 378 g/mol. The van der Waals surface area contributed by atoms with Crippen LogP contribution in [0.2, 0.25) is 0 Å². The highest BCUT2D eigenvalue weighted by Gasteiger charge is 2.13. The summed E-state index contributed by atoms with van der Waals surface area (Å²) in [5.41, 5.74) is 0.422. The number of rotatable bonds is 6. The third kappa shape index (κ3) is 4.42. The Bertz CT molecular complexity index is 446. The van der Waals surface area contributed by atoms with Crippen molar-refractivity contribution < 1.29 is 19.1 Å². The van der Waals surface area contributed by atoms with E-state index in [9.17, 15) is 9.59 Å². The number of halogens is 2. The Hall–Kier alpha value is -0.880. The van der Waals surface area contributed by atoms with Crippen molar-refractivity contribution in [2.24, 2.45) is 0 Å². The number of esters is 1. The Morgan fingerprint density at radius 2 is 2.06 bits per heavy atom. The molecule has 0 saturated heterocycles. The molecule has 0 bridgehead atoms. The maximum Gasteiger partial charge on any atom is 0.344 e. The van der Waals surface area contributed by atoms with Crippen molar-refractivity contribution in [3.05, 3.63) is 28.2 Å². The first kappa shape index (κ1) is 15.2. The van der Waals surface area contributed by atoms with E-state index in [1.807, 2.05) is 0 Å². The SMILES string of the molecule is CCOC(=O)COc1ccc(Br)cc1C(=O)CBr. The smallest absolute Gasteiger partial charge is 0.344 e. The molecule has 0 atom stereocenters. The Labute approximate surface area is 122 Å². The van der Waals surface area contributed by atoms with Gasteiger partial charge in [-0.25, -0.2) is 4.79 Å². The van der Waals surface area contributed by atoms with Crippen molar-refractivity contribution in [2.45, 2.75) is 6.92 Å². The van der Waals surface area contributed by atoms with Crippen LogP contribution >= 0.6 is 31.9 Å². The van der Waals surface area contributed by atoms with Crippen molar-refractivity contribution in [3.8, 4) is 5.75 Å². The van der Waals surface area contributed by atoms with E-state index in [1.165, 1.54) is 0 Å². The summed E-state index contributed by atoms with van der Waals surface area (Å²) in [6.45, 7) is 1.81. The maximum absolute atomic E-state index is 11.7. The van der Waals surface area contributed by atoms with Crippen LogP contribution in [0.15, 0.2) is 22.7 Å². The van der Waals surface area contributed by atoms with Crippen molar-refractivity contribution in [3.63, 3.8) is 0 Å². The quantitative estimate of drug-likeness (QED) is 0.433. The summed E-state index contributed by atoms with van der Waals surface area (Å²) in [4.78, 5) is 22.9. The van der Waals surface area contributed by atoms with Crippen LogP contribution in [0.5, 0.6) is 5.75 Å². The van der Waals surface area contributed by atoms with Gasteiger partial charge in [-0.05, 0) is 25.1 Å². The molecule has 98 valence electrons. The van der Waals surface area contributed by atoms with E-state index in [-0.39, 0.29) is 17.7 Å². The molecule has 1 aromatic rings. The molecule has 0 saturated carbocycles. The molecule has 0 aliphatic rings. The largest absolute Gasteiger partial charge is 0.481 e. The lowest BCUT2D eigenvalue weighted by Gasteiger charge is -2.10. The number of hydrogen-bond acceptors (Lipinski definition) is 4. The van der Waals surface area contributed by atoms with Gasteiger partial charge in [-0.3, -0.25) is 4.79 Å². The molecule has 0 aromatic heterocycles. The van der Waals surface area contributed by atoms with Crippen LogP contribution < -0.4 is 4.74 Å². The zero-order valence-corrected chi connectivity index (χ0v) is 12.9. The fraction of sp³-hybridized carbons (Fsp3) is 0.333. The van der Waals surface area contributed by atoms with E-state index in [0.29, 0.717) is 17.9 Å². The maximum atomic E-state index is 11.7. The normalized spacial score (nSPS) is 9.94. The summed E-state index contributed by atoms with van der Waals surface area (Å²) in [5.74, 6) is -0.205. The van der Waals surface area contributed by atoms with Gasteiger partial charge in [-0.1, -0.05) is 31.9 Å². The van der Waals surface area contributed by atoms with Crippen LogP contribution in [-0.4, -0.2) is 30.3 Å². The number of ether oxygens (including phenoxy) is 2. The highest BCUT2D eigenvalue weighted by Crippen LogP contribution is 2.24. The molecule has 0 amide bonds. The summed E-state index contributed by atoms with van der Waals surface area (Å²) in [6, 6.07) is 5.04. The fourth-order valence-electron chi connectivity index (χ4n) is 1.26. The number of ketones is 1. The van der Waals surface area contributed by atoms with Crippen molar-refractivity contribution >= 4 is 43.6 Å². The van der Waals surface area contributed by atoms with Crippen LogP contribution in [0, 0.1) is 0 Å². The van der Waals surface area contributed by atoms with E-state index in [0.717, 1.165) is 4.47 Å². The van der Waals surface area contributed by atoms with Crippen molar-refractivity contribution in [1.29, 1.82) is 0 Å². The van der Waals surface area contributed by atoms with Gasteiger partial charge in [0.2, 0.25) is 0 Å². The summed E-state index contributed by atoms with van der Waals surface area (Å²) < 4.78 is 10.8. The van der Waals surface area contributed by atoms with Crippen LogP contribution in [0.1, 0.15) is 17.3 Å². The molecule has 0 unspecified atom stereocenters. The van der Waals surface area contributed by atoms with Gasteiger partial charge in [-0.15, -0.1) is 0 Å². The van der Waals surface area contributed by atoms with Crippen LogP contribution in [0.3, 0.4) is 0 Å². The van der Waals surface area contributed by atoms with Gasteiger partial charge < -0.3 is 9.47 Å². The van der Waals surface area contributed by atoms with E-state index in [1.54, 1.807) is 25.1 Å². The van der Waals surface area contributed by atoms with Gasteiger partial charge in [0.15, 0.2) is 12.4 Å². The third-order valence-corrected chi connectivity index (χ3v) is 3.02. The van der Waals surface area contributed by atoms with Gasteiger partial charge in [0.25, 0.3) is 0 Å². The number of hydrogen-bond donors (Lipinski definition) is 0. The van der Waals surface area contributed by atoms with Gasteiger partial charge in [0, 0.05) is 4.47 Å². The zero-order valence-electron chi connectivity index (χ0n) is 9.74. The lowest BCUT2D eigenvalue weighted by molar-refractivity contribution is -0.145. The molecule has 1 rings (SSSR count). The molecular weight excluding hydrogens is 368 g/mol. The van der Waals surface area contributed by atoms with Gasteiger partial charge in [0.1, 0.15) is 5.75 Å². The molecule has 4 nitrogen and oxygen atoms in total. The molecular formula is C12H12Br2O4. The summed E-state index contributed by atoms with van der Waals surface area (Å²) in [6.07, 6.45) is 0. The number of benzene rings is 1. The number of carbonyl (C=O) groups is 2. The number of Topliss-reactive ketones (excluding diaryl/α,β-unsaturated/α-hetero) is 1. The van der Waals surface area contributed by atoms with Crippen molar-refractivity contribution in [1.82, 2.24) is 0 Å². The topological polar surface area (TPSA) is 52.6 Å². The molecule has 0 aliphatic heterocycles. The number of carbonyl (C=O) groups excluding carboxylic acids is 2. The summed E-state index contributed by atoms with van der Waals surface area (Å²) >= 11 is 6.39. The molecule has 0 spiro atoms. The van der Waals surface area contributed by atoms with E-state index < -0.39 is 5.97 Å². The fourth-order valence-corrected chi connectivity index (χ4v) is 1.92. The second-order valence-electron chi connectivity index (χ2n) is 3.29. The molecule has 0 aliphatic carbocycles. The minimum absolute atomic E-state index is 0.116. The van der Waals surface area contributed by atoms with E-state index in [2.05, 4.69) is 31.9 Å². The molecule has 0 fully saturated rings. The average Bonchev–Trinajstić information content (AvgIpc) is 2.36. The van der Waals surface area contributed by atoms with E-state index >= 15 is 0 Å². The van der Waals surface area contributed by atoms with Gasteiger partial charge in [-0.2, -0.15) is 0 Å². The predicted octanol–water partition coefficient (Wildman–Crippen LogP) is 2.97. The standard InChI is InChI=1S/C12H12Br2O4/c1-2-17-12(16)7-18-11-4-3-8(14)5-9(11)10(15)6-13/h3-5H,2,6-7H2,1H3. The molecule has 0 radical (unpaired) electrons. The zero-order chi connectivity index (χ0) is 13.5. The Balaban J connectivity index is 2.81. The first-order valence-corrected chi connectivity index (χ1v) is 7.17. The first-order chi connectivity index (χ1) is 8.58. The molecule has 1 aromatic carbocycles.